The van der Waals surface area contributed by atoms with Gasteiger partial charge in [0.15, 0.2) is 9.84 Å². The van der Waals surface area contributed by atoms with Crippen molar-refractivity contribution in [3.8, 4) is 0 Å². The summed E-state index contributed by atoms with van der Waals surface area (Å²) in [7, 11) is -3.02. The van der Waals surface area contributed by atoms with Crippen LogP contribution in [0.4, 0.5) is 15.8 Å². The van der Waals surface area contributed by atoms with Crippen molar-refractivity contribution in [2.24, 2.45) is 0 Å². The Morgan fingerprint density at radius 3 is 2.26 bits per heavy atom. The summed E-state index contributed by atoms with van der Waals surface area (Å²) in [6.07, 6.45) is 3.42. The van der Waals surface area contributed by atoms with E-state index < -0.39 is 15.7 Å². The fourth-order valence-corrected chi connectivity index (χ4v) is 6.59. The summed E-state index contributed by atoms with van der Waals surface area (Å²) in [6, 6.07) is 22.4. The molecule has 2 heterocycles. The molecule has 2 saturated heterocycles. The average molecular weight is 536 g/mol. The van der Waals surface area contributed by atoms with Gasteiger partial charge in [-0.1, -0.05) is 48.5 Å². The van der Waals surface area contributed by atoms with Gasteiger partial charge in [0.25, 0.3) is 0 Å². The van der Waals surface area contributed by atoms with Gasteiger partial charge in [0.2, 0.25) is 5.91 Å². The van der Waals surface area contributed by atoms with Crippen molar-refractivity contribution in [1.82, 2.24) is 5.32 Å². The standard InChI is InChI=1S/C30H34FN3O3S/c31-27-14-13-25(33-17-19-38(36,37)20-18-33)21-24(27)22-29(35)32-30(23-9-3-1-4-10-23)26-11-5-6-12-28(26)34-15-7-2-8-16-34/h1,3-6,9-14,21,30H,2,7-8,15-20,22H2,(H,32,35). The maximum Gasteiger partial charge on any atom is 0.225 e. The minimum atomic E-state index is -3.02. The van der Waals surface area contributed by atoms with Crippen LogP contribution in [0.2, 0.25) is 0 Å². The van der Waals surface area contributed by atoms with Gasteiger partial charge < -0.3 is 15.1 Å². The van der Waals surface area contributed by atoms with Gasteiger partial charge in [-0.05, 0) is 54.7 Å². The number of carbonyl (C=O) groups is 1. The molecule has 0 spiro atoms. The van der Waals surface area contributed by atoms with Gasteiger partial charge in [0.1, 0.15) is 5.82 Å². The van der Waals surface area contributed by atoms with E-state index in [2.05, 4.69) is 22.3 Å². The van der Waals surface area contributed by atoms with Gasteiger partial charge in [-0.2, -0.15) is 0 Å². The summed E-state index contributed by atoms with van der Waals surface area (Å²) in [6.45, 7) is 2.70. The molecule has 2 fully saturated rings. The van der Waals surface area contributed by atoms with E-state index in [4.69, 9.17) is 0 Å². The molecular formula is C30H34FN3O3S. The predicted octanol–water partition coefficient (Wildman–Crippen LogP) is 4.50. The highest BCUT2D eigenvalue weighted by molar-refractivity contribution is 7.91. The molecule has 3 aromatic carbocycles. The first-order valence-electron chi connectivity index (χ1n) is 13.3. The van der Waals surface area contributed by atoms with Crippen LogP contribution >= 0.6 is 0 Å². The molecule has 1 amide bonds. The normalized spacial score (nSPS) is 18.1. The molecule has 1 unspecified atom stereocenters. The second kappa shape index (κ2) is 11.6. The molecule has 0 radical (unpaired) electrons. The first-order chi connectivity index (χ1) is 18.4. The third-order valence-corrected chi connectivity index (χ3v) is 9.08. The second-order valence-electron chi connectivity index (χ2n) is 10.1. The number of rotatable bonds is 7. The van der Waals surface area contributed by atoms with E-state index in [0.29, 0.717) is 18.7 Å². The summed E-state index contributed by atoms with van der Waals surface area (Å²) in [5, 5.41) is 3.19. The number of carbonyl (C=O) groups excluding carboxylic acids is 1. The Hall–Kier alpha value is -3.39. The van der Waals surface area contributed by atoms with Crippen LogP contribution in [-0.4, -0.2) is 52.0 Å². The van der Waals surface area contributed by atoms with E-state index in [0.717, 1.165) is 48.4 Å². The van der Waals surface area contributed by atoms with E-state index in [1.807, 2.05) is 47.4 Å². The zero-order valence-corrected chi connectivity index (χ0v) is 22.3. The Morgan fingerprint density at radius 1 is 0.842 bits per heavy atom. The molecule has 0 saturated carbocycles. The van der Waals surface area contributed by atoms with E-state index in [1.54, 1.807) is 12.1 Å². The molecular weight excluding hydrogens is 501 g/mol. The molecule has 2 aliphatic rings. The van der Waals surface area contributed by atoms with Gasteiger partial charge in [-0.15, -0.1) is 0 Å². The molecule has 5 rings (SSSR count). The van der Waals surface area contributed by atoms with Crippen molar-refractivity contribution in [1.29, 1.82) is 0 Å². The molecule has 0 aromatic heterocycles. The van der Waals surface area contributed by atoms with Crippen LogP contribution in [-0.2, 0) is 21.1 Å². The van der Waals surface area contributed by atoms with Crippen molar-refractivity contribution in [3.05, 3.63) is 95.3 Å². The number of nitrogens with zero attached hydrogens (tertiary/aromatic N) is 2. The fourth-order valence-electron chi connectivity index (χ4n) is 5.39. The molecule has 38 heavy (non-hydrogen) atoms. The Morgan fingerprint density at radius 2 is 1.53 bits per heavy atom. The zero-order chi connectivity index (χ0) is 26.5. The molecule has 200 valence electrons. The SMILES string of the molecule is O=C(Cc1cc(N2CCS(=O)(=O)CC2)ccc1F)NC(c1ccccc1)c1ccccc1N1CCCCC1. The van der Waals surface area contributed by atoms with E-state index >= 15 is 0 Å². The number of para-hydroxylation sites is 1. The lowest BCUT2D eigenvalue weighted by Gasteiger charge is -2.33. The molecule has 0 aliphatic carbocycles. The molecule has 6 nitrogen and oxygen atoms in total. The van der Waals surface area contributed by atoms with Crippen LogP contribution in [0.25, 0.3) is 0 Å². The number of hydrogen-bond acceptors (Lipinski definition) is 5. The van der Waals surface area contributed by atoms with Crippen molar-refractivity contribution in [3.63, 3.8) is 0 Å². The lowest BCUT2D eigenvalue weighted by molar-refractivity contribution is -0.121. The summed E-state index contributed by atoms with van der Waals surface area (Å²) < 4.78 is 38.4. The van der Waals surface area contributed by atoms with Gasteiger partial charge in [-0.3, -0.25) is 4.79 Å². The monoisotopic (exact) mass is 535 g/mol. The number of nitrogens with one attached hydrogen (secondary N) is 1. The van der Waals surface area contributed by atoms with Gasteiger partial charge in [0.05, 0.1) is 24.0 Å². The van der Waals surface area contributed by atoms with Crippen LogP contribution in [0, 0.1) is 5.82 Å². The highest BCUT2D eigenvalue weighted by Gasteiger charge is 2.25. The first kappa shape index (κ1) is 26.2. The quantitative estimate of drug-likeness (QED) is 0.483. The topological polar surface area (TPSA) is 69.7 Å². The molecule has 1 N–H and O–H groups in total. The number of benzene rings is 3. The lowest BCUT2D eigenvalue weighted by Crippen LogP contribution is -2.40. The van der Waals surface area contributed by atoms with Gasteiger partial charge in [0, 0.05) is 43.1 Å². The molecule has 1 atom stereocenters. The van der Waals surface area contributed by atoms with Crippen LogP contribution in [0.15, 0.2) is 72.8 Å². The van der Waals surface area contributed by atoms with Crippen molar-refractivity contribution in [2.75, 3.05) is 47.5 Å². The minimum absolute atomic E-state index is 0.0787. The van der Waals surface area contributed by atoms with Crippen molar-refractivity contribution in [2.45, 2.75) is 31.7 Å². The summed E-state index contributed by atoms with van der Waals surface area (Å²) >= 11 is 0. The van der Waals surface area contributed by atoms with Crippen LogP contribution in [0.5, 0.6) is 0 Å². The van der Waals surface area contributed by atoms with Gasteiger partial charge >= 0.3 is 0 Å². The molecule has 8 heteroatoms. The Bertz CT molecular complexity index is 1360. The highest BCUT2D eigenvalue weighted by Crippen LogP contribution is 2.33. The van der Waals surface area contributed by atoms with E-state index in [9.17, 15) is 17.6 Å². The number of piperidine rings is 1. The summed E-state index contributed by atoms with van der Waals surface area (Å²) in [4.78, 5) is 17.7. The number of anilines is 2. The number of amides is 1. The largest absolute Gasteiger partial charge is 0.371 e. The van der Waals surface area contributed by atoms with Crippen molar-refractivity contribution < 1.29 is 17.6 Å². The Balaban J connectivity index is 1.38. The fraction of sp³-hybridized carbons (Fsp3) is 0.367. The molecule has 0 bridgehead atoms. The van der Waals surface area contributed by atoms with Crippen LogP contribution in [0.3, 0.4) is 0 Å². The summed E-state index contributed by atoms with van der Waals surface area (Å²) in [5.74, 6) is -0.562. The van der Waals surface area contributed by atoms with Gasteiger partial charge in [-0.25, -0.2) is 12.8 Å². The maximum atomic E-state index is 14.8. The minimum Gasteiger partial charge on any atom is -0.371 e. The number of hydrogen-bond donors (Lipinski definition) is 1. The lowest BCUT2D eigenvalue weighted by atomic mass is 9.95. The number of sulfone groups is 1. The third-order valence-electron chi connectivity index (χ3n) is 7.47. The second-order valence-corrected chi connectivity index (χ2v) is 12.4. The third kappa shape index (κ3) is 6.18. The zero-order valence-electron chi connectivity index (χ0n) is 21.5. The highest BCUT2D eigenvalue weighted by atomic mass is 32.2. The van der Waals surface area contributed by atoms with Crippen LogP contribution < -0.4 is 15.1 Å². The van der Waals surface area contributed by atoms with E-state index in [1.165, 1.54) is 12.5 Å². The Labute approximate surface area is 224 Å². The average Bonchev–Trinajstić information content (AvgIpc) is 2.94. The van der Waals surface area contributed by atoms with Crippen LogP contribution in [0.1, 0.15) is 42.0 Å². The first-order valence-corrected chi connectivity index (χ1v) is 15.1. The smallest absolute Gasteiger partial charge is 0.225 e. The Kier molecular flexibility index (Phi) is 7.98. The molecule has 2 aliphatic heterocycles. The maximum absolute atomic E-state index is 14.8. The molecule has 3 aromatic rings. The van der Waals surface area contributed by atoms with Crippen molar-refractivity contribution >= 4 is 27.1 Å². The predicted molar refractivity (Wildman–Crippen MR) is 150 cm³/mol. The number of halogens is 1. The van der Waals surface area contributed by atoms with E-state index in [-0.39, 0.29) is 29.9 Å². The summed E-state index contributed by atoms with van der Waals surface area (Å²) in [5.41, 5.74) is 4.14.